The van der Waals surface area contributed by atoms with E-state index in [0.717, 1.165) is 38.0 Å². The number of nitrogens with zero attached hydrogens (tertiary/aromatic N) is 2. The summed E-state index contributed by atoms with van der Waals surface area (Å²) in [6.07, 6.45) is 2.52. The summed E-state index contributed by atoms with van der Waals surface area (Å²) < 4.78 is 6.00. The summed E-state index contributed by atoms with van der Waals surface area (Å²) in [4.78, 5) is 40.6. The molecule has 0 unspecified atom stereocenters. The highest BCUT2D eigenvalue weighted by atomic mass is 16.5. The number of carbonyl (C=O) groups excluding carboxylic acids is 3. The largest absolute Gasteiger partial charge is 0.477 e. The van der Waals surface area contributed by atoms with Crippen LogP contribution in [0.3, 0.4) is 0 Å². The molecule has 2 aromatic carbocycles. The van der Waals surface area contributed by atoms with Crippen molar-refractivity contribution in [3.8, 4) is 5.75 Å². The standard InChI is InChI=1S/C23H26N4O4/c24-22(29)16-8-10-17(11-9-16)25-21(28)15-27-14-20(23(30)26-12-4-1-5-13-26)31-19-7-3-2-6-18(19)27/h2-3,6-11,20H,1,4-5,12-15H2,(H2,24,29)(H,25,28)/t20-/m0/s1. The summed E-state index contributed by atoms with van der Waals surface area (Å²) in [6, 6.07) is 13.8. The second-order valence-electron chi connectivity index (χ2n) is 7.83. The molecule has 0 radical (unpaired) electrons. The molecule has 3 N–H and O–H groups in total. The molecule has 2 aliphatic rings. The van der Waals surface area contributed by atoms with Crippen LogP contribution in [-0.2, 0) is 9.59 Å². The van der Waals surface area contributed by atoms with Crippen LogP contribution in [0, 0.1) is 0 Å². The Morgan fingerprint density at radius 1 is 1.00 bits per heavy atom. The van der Waals surface area contributed by atoms with E-state index in [4.69, 9.17) is 10.5 Å². The van der Waals surface area contributed by atoms with Gasteiger partial charge in [0.25, 0.3) is 5.91 Å². The number of likely N-dealkylation sites (tertiary alicyclic amines) is 1. The Hall–Kier alpha value is -3.55. The molecule has 1 atom stereocenters. The summed E-state index contributed by atoms with van der Waals surface area (Å²) >= 11 is 0. The average Bonchev–Trinajstić information content (AvgIpc) is 2.79. The van der Waals surface area contributed by atoms with Crippen LogP contribution in [0.4, 0.5) is 11.4 Å². The van der Waals surface area contributed by atoms with Gasteiger partial charge in [0.15, 0.2) is 6.10 Å². The van der Waals surface area contributed by atoms with Gasteiger partial charge in [0.1, 0.15) is 5.75 Å². The second kappa shape index (κ2) is 9.07. The molecule has 4 rings (SSSR count). The molecule has 31 heavy (non-hydrogen) atoms. The van der Waals surface area contributed by atoms with Crippen LogP contribution in [0.2, 0.25) is 0 Å². The molecule has 2 aromatic rings. The van der Waals surface area contributed by atoms with Gasteiger partial charge in [0.05, 0.1) is 18.8 Å². The smallest absolute Gasteiger partial charge is 0.265 e. The lowest BCUT2D eigenvalue weighted by molar-refractivity contribution is -0.139. The summed E-state index contributed by atoms with van der Waals surface area (Å²) in [6.45, 7) is 1.88. The van der Waals surface area contributed by atoms with Crippen LogP contribution >= 0.6 is 0 Å². The molecular weight excluding hydrogens is 396 g/mol. The Labute approximate surface area is 180 Å². The Morgan fingerprint density at radius 3 is 2.42 bits per heavy atom. The number of hydrogen-bond donors (Lipinski definition) is 2. The van der Waals surface area contributed by atoms with Gasteiger partial charge in [-0.25, -0.2) is 0 Å². The molecule has 0 aliphatic carbocycles. The first-order chi connectivity index (χ1) is 15.0. The zero-order valence-electron chi connectivity index (χ0n) is 17.3. The van der Waals surface area contributed by atoms with Crippen LogP contribution in [0.5, 0.6) is 5.75 Å². The van der Waals surface area contributed by atoms with Crippen LogP contribution in [-0.4, -0.2) is 54.9 Å². The lowest BCUT2D eigenvalue weighted by Gasteiger charge is -2.38. The zero-order valence-corrected chi connectivity index (χ0v) is 17.3. The number of fused-ring (bicyclic) bond motifs is 1. The van der Waals surface area contributed by atoms with Crippen molar-refractivity contribution in [1.29, 1.82) is 0 Å². The summed E-state index contributed by atoms with van der Waals surface area (Å²) in [5, 5.41) is 2.82. The van der Waals surface area contributed by atoms with Gasteiger partial charge in [0, 0.05) is 24.3 Å². The maximum Gasteiger partial charge on any atom is 0.265 e. The highest BCUT2D eigenvalue weighted by Gasteiger charge is 2.34. The molecule has 8 nitrogen and oxygen atoms in total. The fourth-order valence-electron chi connectivity index (χ4n) is 3.99. The molecule has 1 saturated heterocycles. The van der Waals surface area contributed by atoms with Crippen molar-refractivity contribution in [2.75, 3.05) is 36.4 Å². The fourth-order valence-corrected chi connectivity index (χ4v) is 3.99. The number of ether oxygens (including phenoxy) is 1. The normalized spacial score (nSPS) is 18.0. The molecular formula is C23H26N4O4. The number of para-hydroxylation sites is 2. The SMILES string of the molecule is NC(=O)c1ccc(NC(=O)CN2C[C@@H](C(=O)N3CCCCC3)Oc3ccccc32)cc1. The maximum absolute atomic E-state index is 13.0. The zero-order chi connectivity index (χ0) is 21.8. The molecule has 3 amide bonds. The number of rotatable bonds is 5. The Bertz CT molecular complexity index is 970. The number of carbonyl (C=O) groups is 3. The molecule has 0 spiro atoms. The van der Waals surface area contributed by atoms with Gasteiger partial charge in [-0.2, -0.15) is 0 Å². The summed E-state index contributed by atoms with van der Waals surface area (Å²) in [5.74, 6) is -0.177. The molecule has 2 heterocycles. The van der Waals surface area contributed by atoms with Crippen molar-refractivity contribution in [2.45, 2.75) is 25.4 Å². The highest BCUT2D eigenvalue weighted by molar-refractivity contribution is 5.96. The number of primary amides is 1. The van der Waals surface area contributed by atoms with E-state index < -0.39 is 12.0 Å². The summed E-state index contributed by atoms with van der Waals surface area (Å²) in [7, 11) is 0. The average molecular weight is 422 g/mol. The van der Waals surface area contributed by atoms with E-state index >= 15 is 0 Å². The second-order valence-corrected chi connectivity index (χ2v) is 7.83. The number of anilines is 2. The first-order valence-electron chi connectivity index (χ1n) is 10.5. The Balaban J connectivity index is 1.46. The van der Waals surface area contributed by atoms with Crippen molar-refractivity contribution in [1.82, 2.24) is 4.90 Å². The lowest BCUT2D eigenvalue weighted by Crippen LogP contribution is -2.52. The van der Waals surface area contributed by atoms with E-state index in [0.29, 0.717) is 23.5 Å². The number of hydrogen-bond acceptors (Lipinski definition) is 5. The monoisotopic (exact) mass is 422 g/mol. The van der Waals surface area contributed by atoms with Crippen molar-refractivity contribution in [2.24, 2.45) is 5.73 Å². The van der Waals surface area contributed by atoms with Crippen LogP contribution in [0.1, 0.15) is 29.6 Å². The number of nitrogens with two attached hydrogens (primary N) is 1. The number of benzene rings is 2. The molecule has 2 aliphatic heterocycles. The fraction of sp³-hybridized carbons (Fsp3) is 0.348. The quantitative estimate of drug-likeness (QED) is 0.767. The first kappa shape index (κ1) is 20.7. The summed E-state index contributed by atoms with van der Waals surface area (Å²) in [5.41, 5.74) is 6.97. The number of amides is 3. The molecule has 0 aromatic heterocycles. The van der Waals surface area contributed by atoms with E-state index in [1.807, 2.05) is 34.1 Å². The lowest BCUT2D eigenvalue weighted by atomic mass is 10.1. The van der Waals surface area contributed by atoms with E-state index in [2.05, 4.69) is 5.32 Å². The predicted molar refractivity (Wildman–Crippen MR) is 117 cm³/mol. The van der Waals surface area contributed by atoms with E-state index in [1.54, 1.807) is 24.3 Å². The predicted octanol–water partition coefficient (Wildman–Crippen LogP) is 2.00. The minimum Gasteiger partial charge on any atom is -0.477 e. The van der Waals surface area contributed by atoms with Gasteiger partial charge in [0.2, 0.25) is 11.8 Å². The van der Waals surface area contributed by atoms with Crippen LogP contribution in [0.15, 0.2) is 48.5 Å². The molecule has 162 valence electrons. The van der Waals surface area contributed by atoms with Gasteiger partial charge < -0.3 is 25.6 Å². The molecule has 8 heteroatoms. The molecule has 0 bridgehead atoms. The third kappa shape index (κ3) is 4.79. The van der Waals surface area contributed by atoms with E-state index in [9.17, 15) is 14.4 Å². The van der Waals surface area contributed by atoms with Gasteiger partial charge >= 0.3 is 0 Å². The van der Waals surface area contributed by atoms with Crippen molar-refractivity contribution in [3.63, 3.8) is 0 Å². The van der Waals surface area contributed by atoms with Gasteiger partial charge in [-0.15, -0.1) is 0 Å². The molecule has 1 fully saturated rings. The van der Waals surface area contributed by atoms with Crippen LogP contribution < -0.4 is 20.7 Å². The third-order valence-corrected chi connectivity index (χ3v) is 5.59. The minimum absolute atomic E-state index is 0.0262. The third-order valence-electron chi connectivity index (χ3n) is 5.59. The topological polar surface area (TPSA) is 105 Å². The Kier molecular flexibility index (Phi) is 6.06. The number of nitrogens with one attached hydrogen (secondary N) is 1. The minimum atomic E-state index is -0.643. The van der Waals surface area contributed by atoms with Crippen molar-refractivity contribution in [3.05, 3.63) is 54.1 Å². The number of piperidine rings is 1. The van der Waals surface area contributed by atoms with Gasteiger partial charge in [-0.05, 0) is 55.7 Å². The highest BCUT2D eigenvalue weighted by Crippen LogP contribution is 2.33. The Morgan fingerprint density at radius 2 is 1.71 bits per heavy atom. The van der Waals surface area contributed by atoms with E-state index in [1.165, 1.54) is 0 Å². The maximum atomic E-state index is 13.0. The van der Waals surface area contributed by atoms with Crippen molar-refractivity contribution >= 4 is 29.1 Å². The van der Waals surface area contributed by atoms with E-state index in [-0.39, 0.29) is 18.4 Å². The van der Waals surface area contributed by atoms with Gasteiger partial charge in [-0.3, -0.25) is 14.4 Å². The van der Waals surface area contributed by atoms with Crippen molar-refractivity contribution < 1.29 is 19.1 Å². The van der Waals surface area contributed by atoms with Crippen LogP contribution in [0.25, 0.3) is 0 Å². The van der Waals surface area contributed by atoms with Gasteiger partial charge in [-0.1, -0.05) is 12.1 Å². The first-order valence-corrected chi connectivity index (χ1v) is 10.5. The molecule has 0 saturated carbocycles.